The molecule has 0 heterocycles. The van der Waals surface area contributed by atoms with Crippen molar-refractivity contribution in [2.75, 3.05) is 20.7 Å². The Kier molecular flexibility index (Phi) is 3.98. The molecule has 0 saturated heterocycles. The first-order valence-electron chi connectivity index (χ1n) is 4.67. The third-order valence-electron chi connectivity index (χ3n) is 1.65. The summed E-state index contributed by atoms with van der Waals surface area (Å²) in [5, 5.41) is 5.92. The van der Waals surface area contributed by atoms with Gasteiger partial charge in [-0.05, 0) is 19.1 Å². The van der Waals surface area contributed by atoms with Crippen LogP contribution in [0.2, 0.25) is 0 Å². The van der Waals surface area contributed by atoms with Gasteiger partial charge in [-0.2, -0.15) is 5.10 Å². The third-order valence-corrected chi connectivity index (χ3v) is 1.65. The van der Waals surface area contributed by atoms with Crippen LogP contribution >= 0.6 is 0 Å². The topological polar surface area (TPSA) is 24.8 Å². The van der Waals surface area contributed by atoms with Crippen molar-refractivity contribution in [2.45, 2.75) is 6.92 Å². The average molecular weight is 192 g/mol. The fourth-order valence-corrected chi connectivity index (χ4v) is 1.05. The SMILES string of the molecule is CCOc1ccccc1/C=N/N(C)C. The first-order chi connectivity index (χ1) is 6.74. The molecule has 0 atom stereocenters. The van der Waals surface area contributed by atoms with Gasteiger partial charge in [-0.15, -0.1) is 0 Å². The highest BCUT2D eigenvalue weighted by molar-refractivity contribution is 5.83. The van der Waals surface area contributed by atoms with Gasteiger partial charge in [0.1, 0.15) is 5.75 Å². The van der Waals surface area contributed by atoms with Crippen LogP contribution in [0.3, 0.4) is 0 Å². The Bertz CT molecular complexity index is 308. The number of hydrogen-bond donors (Lipinski definition) is 0. The number of hydrogen-bond acceptors (Lipinski definition) is 3. The molecule has 3 nitrogen and oxygen atoms in total. The lowest BCUT2D eigenvalue weighted by atomic mass is 10.2. The van der Waals surface area contributed by atoms with Gasteiger partial charge in [0.05, 0.1) is 12.8 Å². The normalized spacial score (nSPS) is 10.5. The van der Waals surface area contributed by atoms with Crippen molar-refractivity contribution in [3.8, 4) is 5.75 Å². The number of nitrogens with zero attached hydrogens (tertiary/aromatic N) is 2. The fraction of sp³-hybridized carbons (Fsp3) is 0.364. The molecule has 0 fully saturated rings. The molecule has 3 heteroatoms. The lowest BCUT2D eigenvalue weighted by Crippen LogP contribution is -2.03. The van der Waals surface area contributed by atoms with E-state index in [0.717, 1.165) is 11.3 Å². The predicted octanol–water partition coefficient (Wildman–Crippen LogP) is 1.98. The van der Waals surface area contributed by atoms with E-state index in [4.69, 9.17) is 4.74 Å². The minimum Gasteiger partial charge on any atom is -0.493 e. The average Bonchev–Trinajstić information content (AvgIpc) is 2.17. The maximum atomic E-state index is 5.46. The Hall–Kier alpha value is -1.51. The maximum Gasteiger partial charge on any atom is 0.128 e. The molecule has 1 aromatic carbocycles. The van der Waals surface area contributed by atoms with Crippen molar-refractivity contribution in [1.82, 2.24) is 5.01 Å². The Morgan fingerprint density at radius 2 is 2.07 bits per heavy atom. The van der Waals surface area contributed by atoms with Gasteiger partial charge < -0.3 is 9.75 Å². The molecule has 1 rings (SSSR count). The summed E-state index contributed by atoms with van der Waals surface area (Å²) in [5.41, 5.74) is 1.00. The molecular weight excluding hydrogens is 176 g/mol. The molecule has 0 bridgehead atoms. The van der Waals surface area contributed by atoms with Crippen molar-refractivity contribution in [3.63, 3.8) is 0 Å². The maximum absolute atomic E-state index is 5.46. The van der Waals surface area contributed by atoms with E-state index in [9.17, 15) is 0 Å². The first-order valence-corrected chi connectivity index (χ1v) is 4.67. The van der Waals surface area contributed by atoms with Crippen LogP contribution in [0.15, 0.2) is 29.4 Å². The molecule has 0 amide bonds. The summed E-state index contributed by atoms with van der Waals surface area (Å²) >= 11 is 0. The smallest absolute Gasteiger partial charge is 0.128 e. The van der Waals surface area contributed by atoms with Crippen LogP contribution in [-0.4, -0.2) is 31.9 Å². The number of benzene rings is 1. The molecule has 0 unspecified atom stereocenters. The molecule has 0 N–H and O–H groups in total. The molecular formula is C11H16N2O. The number of para-hydroxylation sites is 1. The van der Waals surface area contributed by atoms with Crippen molar-refractivity contribution >= 4 is 6.21 Å². The van der Waals surface area contributed by atoms with E-state index in [-0.39, 0.29) is 0 Å². The van der Waals surface area contributed by atoms with Crippen molar-refractivity contribution in [3.05, 3.63) is 29.8 Å². The molecule has 0 aliphatic heterocycles. The van der Waals surface area contributed by atoms with Gasteiger partial charge in [0.15, 0.2) is 0 Å². The molecule has 0 aliphatic rings. The zero-order valence-corrected chi connectivity index (χ0v) is 8.90. The Balaban J connectivity index is 2.84. The standard InChI is InChI=1S/C11H16N2O/c1-4-14-11-8-6-5-7-10(11)9-12-13(2)3/h5-9H,4H2,1-3H3/b12-9+. The van der Waals surface area contributed by atoms with Crippen LogP contribution in [0.5, 0.6) is 5.75 Å². The summed E-state index contributed by atoms with van der Waals surface area (Å²) in [6.45, 7) is 2.65. The lowest BCUT2D eigenvalue weighted by Gasteiger charge is -2.07. The second-order valence-corrected chi connectivity index (χ2v) is 3.06. The van der Waals surface area contributed by atoms with Gasteiger partial charge in [-0.25, -0.2) is 0 Å². The van der Waals surface area contributed by atoms with E-state index in [1.165, 1.54) is 0 Å². The highest BCUT2D eigenvalue weighted by atomic mass is 16.5. The quantitative estimate of drug-likeness (QED) is 0.538. The van der Waals surface area contributed by atoms with E-state index in [1.807, 2.05) is 45.3 Å². The summed E-state index contributed by atoms with van der Waals surface area (Å²) in [7, 11) is 3.78. The minimum atomic E-state index is 0.673. The van der Waals surface area contributed by atoms with Gasteiger partial charge in [0.25, 0.3) is 0 Å². The van der Waals surface area contributed by atoms with Crippen LogP contribution in [0.25, 0.3) is 0 Å². The molecule has 76 valence electrons. The molecule has 14 heavy (non-hydrogen) atoms. The van der Waals surface area contributed by atoms with E-state index in [1.54, 1.807) is 11.2 Å². The lowest BCUT2D eigenvalue weighted by molar-refractivity contribution is 0.339. The molecule has 0 saturated carbocycles. The van der Waals surface area contributed by atoms with Gasteiger partial charge in [0.2, 0.25) is 0 Å². The Morgan fingerprint density at radius 3 is 2.71 bits per heavy atom. The molecule has 1 aromatic rings. The van der Waals surface area contributed by atoms with Crippen molar-refractivity contribution in [2.24, 2.45) is 5.10 Å². The van der Waals surface area contributed by atoms with E-state index in [2.05, 4.69) is 5.10 Å². The third kappa shape index (κ3) is 3.09. The minimum absolute atomic E-state index is 0.673. The van der Waals surface area contributed by atoms with Crippen molar-refractivity contribution < 1.29 is 4.74 Å². The second kappa shape index (κ2) is 5.27. The Morgan fingerprint density at radius 1 is 1.36 bits per heavy atom. The molecule has 0 aliphatic carbocycles. The van der Waals surface area contributed by atoms with Crippen LogP contribution in [0.4, 0.5) is 0 Å². The monoisotopic (exact) mass is 192 g/mol. The molecule has 0 spiro atoms. The van der Waals surface area contributed by atoms with Gasteiger partial charge in [-0.1, -0.05) is 12.1 Å². The molecule has 0 aromatic heterocycles. The summed E-state index contributed by atoms with van der Waals surface area (Å²) in [5.74, 6) is 0.876. The summed E-state index contributed by atoms with van der Waals surface area (Å²) in [6, 6.07) is 7.86. The largest absolute Gasteiger partial charge is 0.493 e. The summed E-state index contributed by atoms with van der Waals surface area (Å²) in [4.78, 5) is 0. The number of hydrazone groups is 1. The highest BCUT2D eigenvalue weighted by Crippen LogP contribution is 2.15. The first kappa shape index (κ1) is 10.6. The zero-order chi connectivity index (χ0) is 10.4. The Labute approximate surface area is 85.0 Å². The fourth-order valence-electron chi connectivity index (χ4n) is 1.05. The molecule has 0 radical (unpaired) electrons. The van der Waals surface area contributed by atoms with Crippen LogP contribution < -0.4 is 4.74 Å². The predicted molar refractivity (Wildman–Crippen MR) is 58.9 cm³/mol. The van der Waals surface area contributed by atoms with Crippen LogP contribution in [-0.2, 0) is 0 Å². The number of rotatable bonds is 4. The van der Waals surface area contributed by atoms with E-state index < -0.39 is 0 Å². The second-order valence-electron chi connectivity index (χ2n) is 3.06. The van der Waals surface area contributed by atoms with Crippen LogP contribution in [0, 0.1) is 0 Å². The van der Waals surface area contributed by atoms with E-state index >= 15 is 0 Å². The van der Waals surface area contributed by atoms with Gasteiger partial charge in [-0.3, -0.25) is 0 Å². The zero-order valence-electron chi connectivity index (χ0n) is 8.90. The van der Waals surface area contributed by atoms with Gasteiger partial charge >= 0.3 is 0 Å². The number of ether oxygens (including phenoxy) is 1. The van der Waals surface area contributed by atoms with Crippen molar-refractivity contribution in [1.29, 1.82) is 0 Å². The van der Waals surface area contributed by atoms with Gasteiger partial charge in [0, 0.05) is 19.7 Å². The summed E-state index contributed by atoms with van der Waals surface area (Å²) < 4.78 is 5.46. The van der Waals surface area contributed by atoms with E-state index in [0.29, 0.717) is 6.61 Å². The summed E-state index contributed by atoms with van der Waals surface area (Å²) in [6.07, 6.45) is 1.80. The van der Waals surface area contributed by atoms with Crippen LogP contribution in [0.1, 0.15) is 12.5 Å². The highest BCUT2D eigenvalue weighted by Gasteiger charge is 1.98.